The highest BCUT2D eigenvalue weighted by molar-refractivity contribution is 7.89. The summed E-state index contributed by atoms with van der Waals surface area (Å²) in [4.78, 5) is 3.39. The molecule has 2 aromatic heterocycles. The quantitative estimate of drug-likeness (QED) is 0.706. The lowest BCUT2D eigenvalue weighted by molar-refractivity contribution is 0.309. The molecule has 0 spiro atoms. The van der Waals surface area contributed by atoms with Crippen molar-refractivity contribution in [1.29, 1.82) is 0 Å². The molecule has 2 heterocycles. The van der Waals surface area contributed by atoms with Crippen molar-refractivity contribution in [1.82, 2.24) is 19.4 Å². The van der Waals surface area contributed by atoms with Crippen LogP contribution in [0, 0.1) is 0 Å². The van der Waals surface area contributed by atoms with Crippen LogP contribution >= 0.6 is 11.3 Å². The number of likely N-dealkylation sites (N-methyl/N-ethyl adjacent to an activating group) is 1. The molecule has 0 unspecified atom stereocenters. The number of nitrogens with zero attached hydrogens (tertiary/aromatic N) is 3. The molecule has 26 heavy (non-hydrogen) atoms. The van der Waals surface area contributed by atoms with E-state index < -0.39 is 10.0 Å². The number of thiophene rings is 1. The predicted octanol–water partition coefficient (Wildman–Crippen LogP) is 3.35. The first kappa shape index (κ1) is 19.5. The molecule has 0 saturated heterocycles. The molecular formula is C18H28N4O2S2. The van der Waals surface area contributed by atoms with Crippen LogP contribution in [0.3, 0.4) is 0 Å². The molecule has 1 aliphatic carbocycles. The summed E-state index contributed by atoms with van der Waals surface area (Å²) >= 11 is 1.52. The average molecular weight is 397 g/mol. The van der Waals surface area contributed by atoms with Crippen LogP contribution in [0.1, 0.15) is 45.6 Å². The van der Waals surface area contributed by atoms with Crippen LogP contribution in [0.25, 0.3) is 10.6 Å². The minimum atomic E-state index is -3.59. The number of rotatable bonds is 9. The van der Waals surface area contributed by atoms with E-state index in [-0.39, 0.29) is 0 Å². The monoisotopic (exact) mass is 396 g/mol. The highest BCUT2D eigenvalue weighted by Crippen LogP contribution is 2.34. The number of nitrogens with one attached hydrogen (secondary N) is 1. The Balaban J connectivity index is 1.84. The molecule has 6 nitrogen and oxygen atoms in total. The van der Waals surface area contributed by atoms with Crippen molar-refractivity contribution in [2.75, 3.05) is 26.2 Å². The largest absolute Gasteiger partial charge is 0.303 e. The maximum Gasteiger partial charge on any atom is 0.244 e. The molecule has 0 atom stereocenters. The highest BCUT2D eigenvalue weighted by atomic mass is 32.2. The fourth-order valence-electron chi connectivity index (χ4n) is 3.47. The zero-order chi connectivity index (χ0) is 18.6. The van der Waals surface area contributed by atoms with Gasteiger partial charge in [0.25, 0.3) is 0 Å². The molecule has 2 aromatic rings. The van der Waals surface area contributed by atoms with Gasteiger partial charge in [-0.2, -0.15) is 5.10 Å². The van der Waals surface area contributed by atoms with Crippen molar-refractivity contribution >= 4 is 21.4 Å². The van der Waals surface area contributed by atoms with E-state index >= 15 is 0 Å². The van der Waals surface area contributed by atoms with Crippen LogP contribution in [0.2, 0.25) is 0 Å². The van der Waals surface area contributed by atoms with Gasteiger partial charge in [-0.25, -0.2) is 13.1 Å². The summed E-state index contributed by atoms with van der Waals surface area (Å²) in [6.07, 6.45) is 6.23. The summed E-state index contributed by atoms with van der Waals surface area (Å²) in [6.45, 7) is 7.10. The van der Waals surface area contributed by atoms with E-state index in [0.717, 1.165) is 30.8 Å². The smallest absolute Gasteiger partial charge is 0.244 e. The maximum atomic E-state index is 13.0. The van der Waals surface area contributed by atoms with E-state index in [9.17, 15) is 8.42 Å². The third-order valence-corrected chi connectivity index (χ3v) is 7.39. The Morgan fingerprint density at radius 1 is 1.31 bits per heavy atom. The Bertz CT molecular complexity index is 789. The van der Waals surface area contributed by atoms with Crippen molar-refractivity contribution in [3.8, 4) is 10.6 Å². The molecule has 1 aliphatic rings. The second-order valence-electron chi connectivity index (χ2n) is 6.66. The third kappa shape index (κ3) is 4.36. The van der Waals surface area contributed by atoms with Crippen molar-refractivity contribution in [2.24, 2.45) is 0 Å². The topological polar surface area (TPSA) is 67.2 Å². The standard InChI is InChI=1S/C18H28N4O2S2/c1-3-21(4-2)12-11-19-26(23,24)17-14-22(15-8-5-6-9-15)20-18(17)16-10-7-13-25-16/h7,10,13-15,19H,3-6,8-9,11-12H2,1-2H3. The zero-order valence-electron chi connectivity index (χ0n) is 15.5. The lowest BCUT2D eigenvalue weighted by Gasteiger charge is -2.17. The third-order valence-electron chi connectivity index (χ3n) is 5.06. The van der Waals surface area contributed by atoms with Gasteiger partial charge in [-0.1, -0.05) is 32.8 Å². The fourth-order valence-corrected chi connectivity index (χ4v) is 5.42. The van der Waals surface area contributed by atoms with Gasteiger partial charge in [-0.3, -0.25) is 4.68 Å². The van der Waals surface area contributed by atoms with Gasteiger partial charge in [0.1, 0.15) is 10.6 Å². The van der Waals surface area contributed by atoms with E-state index in [4.69, 9.17) is 0 Å². The molecule has 0 amide bonds. The van der Waals surface area contributed by atoms with Gasteiger partial charge in [0, 0.05) is 19.3 Å². The molecule has 8 heteroatoms. The Morgan fingerprint density at radius 2 is 2.04 bits per heavy atom. The normalized spacial score (nSPS) is 16.0. The Labute approximate surface area is 160 Å². The summed E-state index contributed by atoms with van der Waals surface area (Å²) < 4.78 is 30.6. The van der Waals surface area contributed by atoms with Gasteiger partial charge >= 0.3 is 0 Å². The lowest BCUT2D eigenvalue weighted by atomic mass is 10.3. The van der Waals surface area contributed by atoms with E-state index in [0.29, 0.717) is 29.7 Å². The van der Waals surface area contributed by atoms with Crippen LogP contribution < -0.4 is 4.72 Å². The van der Waals surface area contributed by atoms with Gasteiger partial charge in [-0.05, 0) is 37.4 Å². The zero-order valence-corrected chi connectivity index (χ0v) is 17.2. The van der Waals surface area contributed by atoms with E-state index in [2.05, 4.69) is 28.6 Å². The molecule has 1 N–H and O–H groups in total. The highest BCUT2D eigenvalue weighted by Gasteiger charge is 2.27. The Morgan fingerprint density at radius 3 is 2.65 bits per heavy atom. The minimum Gasteiger partial charge on any atom is -0.303 e. The summed E-state index contributed by atoms with van der Waals surface area (Å²) in [5.41, 5.74) is 0.572. The van der Waals surface area contributed by atoms with E-state index in [1.807, 2.05) is 22.2 Å². The summed E-state index contributed by atoms with van der Waals surface area (Å²) in [6, 6.07) is 4.17. The maximum absolute atomic E-state index is 13.0. The van der Waals surface area contributed by atoms with Crippen LogP contribution in [0.15, 0.2) is 28.6 Å². The van der Waals surface area contributed by atoms with Gasteiger partial charge in [0.05, 0.1) is 10.9 Å². The van der Waals surface area contributed by atoms with Crippen molar-refractivity contribution in [3.05, 3.63) is 23.7 Å². The Hall–Kier alpha value is -1.22. The first-order valence-electron chi connectivity index (χ1n) is 9.40. The molecule has 1 fully saturated rings. The van der Waals surface area contributed by atoms with Crippen LogP contribution in [-0.2, 0) is 10.0 Å². The second-order valence-corrected chi connectivity index (χ2v) is 9.35. The average Bonchev–Trinajstić information content (AvgIpc) is 3.38. The first-order valence-corrected chi connectivity index (χ1v) is 11.8. The lowest BCUT2D eigenvalue weighted by Crippen LogP contribution is -2.34. The predicted molar refractivity (Wildman–Crippen MR) is 106 cm³/mol. The van der Waals surface area contributed by atoms with Crippen LogP contribution in [0.5, 0.6) is 0 Å². The molecule has 0 radical (unpaired) electrons. The molecule has 0 bridgehead atoms. The fraction of sp³-hybridized carbons (Fsp3) is 0.611. The van der Waals surface area contributed by atoms with Gasteiger partial charge in [0.15, 0.2) is 0 Å². The molecule has 144 valence electrons. The molecule has 0 aliphatic heterocycles. The van der Waals surface area contributed by atoms with Crippen LogP contribution in [0.4, 0.5) is 0 Å². The number of aromatic nitrogens is 2. The first-order chi connectivity index (χ1) is 12.5. The van der Waals surface area contributed by atoms with E-state index in [1.54, 1.807) is 6.20 Å². The van der Waals surface area contributed by atoms with E-state index in [1.165, 1.54) is 24.2 Å². The molecule has 3 rings (SSSR count). The summed E-state index contributed by atoms with van der Waals surface area (Å²) in [5.74, 6) is 0. The molecule has 0 aromatic carbocycles. The number of hydrogen-bond donors (Lipinski definition) is 1. The summed E-state index contributed by atoms with van der Waals surface area (Å²) in [7, 11) is -3.59. The van der Waals surface area contributed by atoms with Crippen molar-refractivity contribution in [2.45, 2.75) is 50.5 Å². The summed E-state index contributed by atoms with van der Waals surface area (Å²) in [5, 5.41) is 6.63. The molecule has 1 saturated carbocycles. The number of sulfonamides is 1. The molecular weight excluding hydrogens is 368 g/mol. The van der Waals surface area contributed by atoms with Crippen LogP contribution in [-0.4, -0.2) is 49.3 Å². The van der Waals surface area contributed by atoms with Gasteiger partial charge in [0.2, 0.25) is 10.0 Å². The number of hydrogen-bond acceptors (Lipinski definition) is 5. The second kappa shape index (κ2) is 8.65. The van der Waals surface area contributed by atoms with Crippen molar-refractivity contribution < 1.29 is 8.42 Å². The Kier molecular flexibility index (Phi) is 6.50. The SMILES string of the molecule is CCN(CC)CCNS(=O)(=O)c1cn(C2CCCC2)nc1-c1cccs1. The minimum absolute atomic E-state index is 0.298. The van der Waals surface area contributed by atoms with Gasteiger partial charge in [-0.15, -0.1) is 11.3 Å². The van der Waals surface area contributed by atoms with Gasteiger partial charge < -0.3 is 4.90 Å². The van der Waals surface area contributed by atoms with Crippen molar-refractivity contribution in [3.63, 3.8) is 0 Å².